The molecule has 2 aromatic rings. The monoisotopic (exact) mass is 253 g/mol. The standard InChI is InChI=1S/C15H11NO3/c17-13-9-10-5-4-8-12(14(10)15(18)16-13)19-11-6-2-1-3-7-11/h1-8H,9H2,(H,16,17,18). The third kappa shape index (κ3) is 2.20. The Morgan fingerprint density at radius 2 is 1.74 bits per heavy atom. The molecule has 19 heavy (non-hydrogen) atoms. The van der Waals surface area contributed by atoms with Gasteiger partial charge in [-0.2, -0.15) is 0 Å². The number of rotatable bonds is 2. The van der Waals surface area contributed by atoms with Gasteiger partial charge in [-0.15, -0.1) is 0 Å². The van der Waals surface area contributed by atoms with Crippen molar-refractivity contribution in [2.24, 2.45) is 0 Å². The lowest BCUT2D eigenvalue weighted by molar-refractivity contribution is -0.119. The normalized spacial score (nSPS) is 13.7. The second kappa shape index (κ2) is 4.57. The molecule has 0 unspecified atom stereocenters. The van der Waals surface area contributed by atoms with Gasteiger partial charge < -0.3 is 4.74 Å². The number of amides is 2. The first-order valence-corrected chi connectivity index (χ1v) is 5.93. The zero-order valence-electron chi connectivity index (χ0n) is 10.1. The molecule has 0 radical (unpaired) electrons. The van der Waals surface area contributed by atoms with E-state index in [0.29, 0.717) is 22.6 Å². The molecule has 0 atom stereocenters. The summed E-state index contributed by atoms with van der Waals surface area (Å²) in [7, 11) is 0. The fourth-order valence-electron chi connectivity index (χ4n) is 2.09. The van der Waals surface area contributed by atoms with Gasteiger partial charge in [-0.1, -0.05) is 30.3 Å². The lowest BCUT2D eigenvalue weighted by atomic mass is 9.99. The van der Waals surface area contributed by atoms with Gasteiger partial charge in [0, 0.05) is 0 Å². The molecule has 0 saturated heterocycles. The highest BCUT2D eigenvalue weighted by molar-refractivity contribution is 6.11. The summed E-state index contributed by atoms with van der Waals surface area (Å²) >= 11 is 0. The van der Waals surface area contributed by atoms with Crippen LogP contribution in [0.3, 0.4) is 0 Å². The predicted molar refractivity (Wildman–Crippen MR) is 69.1 cm³/mol. The maximum Gasteiger partial charge on any atom is 0.261 e. The maximum absolute atomic E-state index is 11.9. The van der Waals surface area contributed by atoms with Gasteiger partial charge >= 0.3 is 0 Å². The van der Waals surface area contributed by atoms with E-state index < -0.39 is 5.91 Å². The van der Waals surface area contributed by atoms with E-state index in [4.69, 9.17) is 4.74 Å². The van der Waals surface area contributed by atoms with E-state index in [1.807, 2.05) is 30.3 Å². The number of fused-ring (bicyclic) bond motifs is 1. The molecule has 0 aliphatic carbocycles. The molecule has 1 aliphatic rings. The van der Waals surface area contributed by atoms with Crippen molar-refractivity contribution in [1.82, 2.24) is 5.32 Å². The molecule has 1 aliphatic heterocycles. The first-order chi connectivity index (χ1) is 9.24. The van der Waals surface area contributed by atoms with Crippen LogP contribution in [-0.4, -0.2) is 11.8 Å². The minimum atomic E-state index is -0.405. The molecule has 0 spiro atoms. The van der Waals surface area contributed by atoms with Crippen molar-refractivity contribution in [1.29, 1.82) is 0 Å². The molecule has 1 N–H and O–H groups in total. The molecule has 1 heterocycles. The SMILES string of the molecule is O=C1Cc2cccc(Oc3ccccc3)c2C(=O)N1. The van der Waals surface area contributed by atoms with Crippen molar-refractivity contribution in [3.05, 3.63) is 59.7 Å². The van der Waals surface area contributed by atoms with Crippen molar-refractivity contribution in [2.45, 2.75) is 6.42 Å². The van der Waals surface area contributed by atoms with Gasteiger partial charge in [0.1, 0.15) is 11.5 Å². The molecule has 2 amide bonds. The van der Waals surface area contributed by atoms with Crippen LogP contribution in [0.5, 0.6) is 11.5 Å². The summed E-state index contributed by atoms with van der Waals surface area (Å²) in [6.07, 6.45) is 0.201. The van der Waals surface area contributed by atoms with Crippen LogP contribution in [0, 0.1) is 0 Å². The number of nitrogens with one attached hydrogen (secondary N) is 1. The quantitative estimate of drug-likeness (QED) is 0.835. The number of hydrogen-bond acceptors (Lipinski definition) is 3. The molecule has 0 bridgehead atoms. The lowest BCUT2D eigenvalue weighted by Gasteiger charge is -2.18. The molecule has 94 valence electrons. The van der Waals surface area contributed by atoms with Gasteiger partial charge in [-0.05, 0) is 23.8 Å². The number of benzene rings is 2. The van der Waals surface area contributed by atoms with Gasteiger partial charge in [0.15, 0.2) is 0 Å². The van der Waals surface area contributed by atoms with Crippen molar-refractivity contribution in [3.63, 3.8) is 0 Å². The molecule has 0 aromatic heterocycles. The predicted octanol–water partition coefficient (Wildman–Crippen LogP) is 2.29. The molecule has 2 aromatic carbocycles. The van der Waals surface area contributed by atoms with Crippen molar-refractivity contribution < 1.29 is 14.3 Å². The number of para-hydroxylation sites is 1. The highest BCUT2D eigenvalue weighted by Gasteiger charge is 2.25. The summed E-state index contributed by atoms with van der Waals surface area (Å²) in [5.41, 5.74) is 1.13. The Balaban J connectivity index is 2.02. The van der Waals surface area contributed by atoms with Crippen LogP contribution in [-0.2, 0) is 11.2 Å². The van der Waals surface area contributed by atoms with Crippen LogP contribution in [0.4, 0.5) is 0 Å². The van der Waals surface area contributed by atoms with Gasteiger partial charge in [0.2, 0.25) is 5.91 Å². The van der Waals surface area contributed by atoms with Crippen LogP contribution in [0.2, 0.25) is 0 Å². The highest BCUT2D eigenvalue weighted by atomic mass is 16.5. The Bertz CT molecular complexity index is 650. The largest absolute Gasteiger partial charge is 0.457 e. The summed E-state index contributed by atoms with van der Waals surface area (Å²) in [6.45, 7) is 0. The minimum Gasteiger partial charge on any atom is -0.457 e. The van der Waals surface area contributed by atoms with Crippen LogP contribution >= 0.6 is 0 Å². The summed E-state index contributed by atoms with van der Waals surface area (Å²) in [6, 6.07) is 14.5. The Labute approximate surface area is 110 Å². The molecule has 3 rings (SSSR count). The van der Waals surface area contributed by atoms with E-state index in [-0.39, 0.29) is 12.3 Å². The number of hydrogen-bond donors (Lipinski definition) is 1. The fourth-order valence-corrected chi connectivity index (χ4v) is 2.09. The molecular formula is C15H11NO3. The third-order valence-electron chi connectivity index (χ3n) is 2.91. The third-order valence-corrected chi connectivity index (χ3v) is 2.91. The number of imide groups is 1. The summed E-state index contributed by atoms with van der Waals surface area (Å²) in [5, 5.41) is 2.30. The number of ether oxygens (including phenoxy) is 1. The first kappa shape index (κ1) is 11.5. The van der Waals surface area contributed by atoms with E-state index in [1.54, 1.807) is 18.2 Å². The summed E-state index contributed by atoms with van der Waals surface area (Å²) in [5.74, 6) is 0.432. The minimum absolute atomic E-state index is 0.201. The Morgan fingerprint density at radius 3 is 2.53 bits per heavy atom. The van der Waals surface area contributed by atoms with Gasteiger partial charge in [0.25, 0.3) is 5.91 Å². The Kier molecular flexibility index (Phi) is 2.76. The lowest BCUT2D eigenvalue weighted by Crippen LogP contribution is -2.37. The van der Waals surface area contributed by atoms with Crippen LogP contribution in [0.1, 0.15) is 15.9 Å². The number of carbonyl (C=O) groups excluding carboxylic acids is 2. The first-order valence-electron chi connectivity index (χ1n) is 5.93. The molecular weight excluding hydrogens is 242 g/mol. The molecule has 0 saturated carbocycles. The van der Waals surface area contributed by atoms with Gasteiger partial charge in [0.05, 0.1) is 12.0 Å². The van der Waals surface area contributed by atoms with Crippen molar-refractivity contribution in [3.8, 4) is 11.5 Å². The Hall–Kier alpha value is -2.62. The fraction of sp³-hybridized carbons (Fsp3) is 0.0667. The second-order valence-corrected chi connectivity index (χ2v) is 4.26. The smallest absolute Gasteiger partial charge is 0.261 e. The van der Waals surface area contributed by atoms with E-state index in [0.717, 1.165) is 0 Å². The number of carbonyl (C=O) groups is 2. The van der Waals surface area contributed by atoms with Crippen LogP contribution in [0.15, 0.2) is 48.5 Å². The van der Waals surface area contributed by atoms with Crippen LogP contribution < -0.4 is 10.1 Å². The van der Waals surface area contributed by atoms with Gasteiger partial charge in [-0.25, -0.2) is 0 Å². The van der Waals surface area contributed by atoms with Crippen LogP contribution in [0.25, 0.3) is 0 Å². The highest BCUT2D eigenvalue weighted by Crippen LogP contribution is 2.29. The molecule has 0 fully saturated rings. The van der Waals surface area contributed by atoms with E-state index in [9.17, 15) is 9.59 Å². The van der Waals surface area contributed by atoms with E-state index in [1.165, 1.54) is 0 Å². The maximum atomic E-state index is 11.9. The zero-order chi connectivity index (χ0) is 13.2. The Morgan fingerprint density at radius 1 is 0.947 bits per heavy atom. The topological polar surface area (TPSA) is 55.4 Å². The van der Waals surface area contributed by atoms with Gasteiger partial charge in [-0.3, -0.25) is 14.9 Å². The van der Waals surface area contributed by atoms with E-state index in [2.05, 4.69) is 5.32 Å². The average Bonchev–Trinajstić information content (AvgIpc) is 2.39. The van der Waals surface area contributed by atoms with Crippen molar-refractivity contribution in [2.75, 3.05) is 0 Å². The zero-order valence-corrected chi connectivity index (χ0v) is 10.1. The molecule has 4 nitrogen and oxygen atoms in total. The van der Waals surface area contributed by atoms with Crippen molar-refractivity contribution >= 4 is 11.8 Å². The second-order valence-electron chi connectivity index (χ2n) is 4.26. The molecule has 4 heteroatoms. The summed E-state index contributed by atoms with van der Waals surface area (Å²) in [4.78, 5) is 23.2. The van der Waals surface area contributed by atoms with E-state index >= 15 is 0 Å². The average molecular weight is 253 g/mol. The summed E-state index contributed by atoms with van der Waals surface area (Å²) < 4.78 is 5.71.